The van der Waals surface area contributed by atoms with E-state index in [9.17, 15) is 0 Å². The minimum absolute atomic E-state index is 0.690. The van der Waals surface area contributed by atoms with Crippen molar-refractivity contribution < 1.29 is 4.42 Å². The molecule has 0 amide bonds. The molecule has 1 N–H and O–H groups in total. The predicted octanol–water partition coefficient (Wildman–Crippen LogP) is 0.782. The van der Waals surface area contributed by atoms with Gasteiger partial charge in [0.25, 0.3) is 6.01 Å². The Morgan fingerprint density at radius 3 is 2.69 bits per heavy atom. The van der Waals surface area contributed by atoms with Gasteiger partial charge in [0.1, 0.15) is 6.26 Å². The maximum absolute atomic E-state index is 5.41. The van der Waals surface area contributed by atoms with Crippen molar-refractivity contribution in [1.29, 1.82) is 0 Å². The first-order chi connectivity index (χ1) is 7.63. The Morgan fingerprint density at radius 2 is 2.06 bits per heavy atom. The third kappa shape index (κ3) is 4.20. The number of rotatable bonds is 7. The van der Waals surface area contributed by atoms with E-state index in [0.717, 1.165) is 31.9 Å². The fourth-order valence-electron chi connectivity index (χ4n) is 1.25. The molecule has 0 unspecified atom stereocenters. The Morgan fingerprint density at radius 1 is 1.31 bits per heavy atom. The van der Waals surface area contributed by atoms with Crippen LogP contribution in [0.2, 0.25) is 0 Å². The van der Waals surface area contributed by atoms with Crippen molar-refractivity contribution in [2.45, 2.75) is 13.5 Å². The molecule has 5 heteroatoms. The third-order valence-corrected chi connectivity index (χ3v) is 2.30. The Labute approximate surface area is 97.4 Å². The van der Waals surface area contributed by atoms with E-state index in [4.69, 9.17) is 4.42 Å². The highest BCUT2D eigenvalue weighted by Gasteiger charge is 2.08. The van der Waals surface area contributed by atoms with Crippen LogP contribution in [-0.4, -0.2) is 50.7 Å². The zero-order valence-corrected chi connectivity index (χ0v) is 10.7. The number of anilines is 1. The summed E-state index contributed by atoms with van der Waals surface area (Å²) in [7, 11) is 6.10. The van der Waals surface area contributed by atoms with Gasteiger partial charge in [-0.1, -0.05) is 6.92 Å². The molecule has 0 atom stereocenters. The second-order valence-corrected chi connectivity index (χ2v) is 4.13. The van der Waals surface area contributed by atoms with Gasteiger partial charge in [0, 0.05) is 26.7 Å². The first-order valence-corrected chi connectivity index (χ1v) is 5.64. The molecule has 0 bridgehead atoms. The van der Waals surface area contributed by atoms with Gasteiger partial charge in [-0.2, -0.15) is 4.98 Å². The van der Waals surface area contributed by atoms with Crippen LogP contribution >= 0.6 is 0 Å². The monoisotopic (exact) mass is 226 g/mol. The third-order valence-electron chi connectivity index (χ3n) is 2.30. The molecule has 0 aliphatic heterocycles. The molecule has 16 heavy (non-hydrogen) atoms. The van der Waals surface area contributed by atoms with Crippen LogP contribution in [0.25, 0.3) is 0 Å². The van der Waals surface area contributed by atoms with Crippen LogP contribution in [0.1, 0.15) is 12.6 Å². The van der Waals surface area contributed by atoms with Gasteiger partial charge in [-0.25, -0.2) is 0 Å². The number of nitrogens with one attached hydrogen (secondary N) is 1. The summed E-state index contributed by atoms with van der Waals surface area (Å²) in [6, 6.07) is 0.690. The highest BCUT2D eigenvalue weighted by Crippen LogP contribution is 2.11. The summed E-state index contributed by atoms with van der Waals surface area (Å²) >= 11 is 0. The number of hydrogen-bond donors (Lipinski definition) is 1. The van der Waals surface area contributed by atoms with Crippen LogP contribution in [0.3, 0.4) is 0 Å². The Hall–Kier alpha value is -1.07. The van der Waals surface area contributed by atoms with E-state index in [-0.39, 0.29) is 0 Å². The molecule has 1 rings (SSSR count). The van der Waals surface area contributed by atoms with Crippen molar-refractivity contribution in [2.24, 2.45) is 0 Å². The van der Waals surface area contributed by atoms with E-state index in [2.05, 4.69) is 36.2 Å². The van der Waals surface area contributed by atoms with Crippen molar-refractivity contribution >= 4 is 6.01 Å². The molecule has 0 saturated heterocycles. The number of hydrogen-bond acceptors (Lipinski definition) is 5. The lowest BCUT2D eigenvalue weighted by Crippen LogP contribution is -2.28. The SMILES string of the molecule is CCNCc1coc(N(C)CCN(C)C)n1. The molecule has 0 spiro atoms. The first kappa shape index (κ1) is 13.0. The van der Waals surface area contributed by atoms with Crippen molar-refractivity contribution in [2.75, 3.05) is 45.7 Å². The summed E-state index contributed by atoms with van der Waals surface area (Å²) in [6.45, 7) is 5.68. The minimum atomic E-state index is 0.690. The normalized spacial score (nSPS) is 11.1. The fraction of sp³-hybridized carbons (Fsp3) is 0.727. The summed E-state index contributed by atoms with van der Waals surface area (Å²) in [5.41, 5.74) is 0.952. The van der Waals surface area contributed by atoms with Gasteiger partial charge in [0.05, 0.1) is 5.69 Å². The Balaban J connectivity index is 2.43. The maximum atomic E-state index is 5.41. The van der Waals surface area contributed by atoms with Gasteiger partial charge >= 0.3 is 0 Å². The summed E-state index contributed by atoms with van der Waals surface area (Å²) in [6.07, 6.45) is 1.71. The van der Waals surface area contributed by atoms with Crippen molar-refractivity contribution in [3.63, 3.8) is 0 Å². The highest BCUT2D eigenvalue weighted by molar-refractivity contribution is 5.25. The van der Waals surface area contributed by atoms with Crippen molar-refractivity contribution in [1.82, 2.24) is 15.2 Å². The van der Waals surface area contributed by atoms with Gasteiger partial charge < -0.3 is 19.5 Å². The molecule has 5 nitrogen and oxygen atoms in total. The van der Waals surface area contributed by atoms with E-state index in [1.807, 2.05) is 11.9 Å². The smallest absolute Gasteiger partial charge is 0.297 e. The first-order valence-electron chi connectivity index (χ1n) is 5.64. The van der Waals surface area contributed by atoms with Crippen LogP contribution < -0.4 is 10.2 Å². The number of oxazole rings is 1. The molecule has 0 saturated carbocycles. The fourth-order valence-corrected chi connectivity index (χ4v) is 1.25. The number of aromatic nitrogens is 1. The van der Waals surface area contributed by atoms with Crippen LogP contribution in [-0.2, 0) is 6.54 Å². The molecule has 0 aliphatic carbocycles. The van der Waals surface area contributed by atoms with Gasteiger partial charge in [-0.05, 0) is 20.6 Å². The van der Waals surface area contributed by atoms with Gasteiger partial charge in [0.15, 0.2) is 0 Å². The number of nitrogens with zero attached hydrogens (tertiary/aromatic N) is 3. The van der Waals surface area contributed by atoms with Gasteiger partial charge in [-0.15, -0.1) is 0 Å². The second kappa shape index (κ2) is 6.50. The molecule has 0 aromatic carbocycles. The average molecular weight is 226 g/mol. The summed E-state index contributed by atoms with van der Waals surface area (Å²) in [5, 5.41) is 3.22. The zero-order chi connectivity index (χ0) is 12.0. The quantitative estimate of drug-likeness (QED) is 0.744. The molecule has 0 fully saturated rings. The van der Waals surface area contributed by atoms with E-state index < -0.39 is 0 Å². The van der Waals surface area contributed by atoms with Crippen LogP contribution in [0.5, 0.6) is 0 Å². The second-order valence-electron chi connectivity index (χ2n) is 4.13. The van der Waals surface area contributed by atoms with Crippen LogP contribution in [0.4, 0.5) is 6.01 Å². The Kier molecular flexibility index (Phi) is 5.28. The molecule has 1 aromatic rings. The van der Waals surface area contributed by atoms with E-state index >= 15 is 0 Å². The molecular weight excluding hydrogens is 204 g/mol. The highest BCUT2D eigenvalue weighted by atomic mass is 16.4. The summed E-state index contributed by atoms with van der Waals surface area (Å²) in [4.78, 5) is 8.57. The lowest BCUT2D eigenvalue weighted by molar-refractivity contribution is 0.410. The molecule has 92 valence electrons. The molecule has 0 aliphatic rings. The van der Waals surface area contributed by atoms with Crippen molar-refractivity contribution in [3.8, 4) is 0 Å². The molecule has 0 radical (unpaired) electrons. The van der Waals surface area contributed by atoms with Gasteiger partial charge in [-0.3, -0.25) is 0 Å². The van der Waals surface area contributed by atoms with Gasteiger partial charge in [0.2, 0.25) is 0 Å². The van der Waals surface area contributed by atoms with E-state index in [0.29, 0.717) is 6.01 Å². The van der Waals surface area contributed by atoms with E-state index in [1.54, 1.807) is 6.26 Å². The molecule has 1 heterocycles. The number of likely N-dealkylation sites (N-methyl/N-ethyl adjacent to an activating group) is 2. The topological polar surface area (TPSA) is 44.5 Å². The Bertz CT molecular complexity index is 298. The molecule has 1 aromatic heterocycles. The predicted molar refractivity (Wildman–Crippen MR) is 65.7 cm³/mol. The largest absolute Gasteiger partial charge is 0.432 e. The van der Waals surface area contributed by atoms with Crippen LogP contribution in [0.15, 0.2) is 10.7 Å². The lowest BCUT2D eigenvalue weighted by atomic mass is 10.5. The lowest BCUT2D eigenvalue weighted by Gasteiger charge is -2.17. The minimum Gasteiger partial charge on any atom is -0.432 e. The van der Waals surface area contributed by atoms with Crippen molar-refractivity contribution in [3.05, 3.63) is 12.0 Å². The zero-order valence-electron chi connectivity index (χ0n) is 10.7. The van der Waals surface area contributed by atoms with E-state index in [1.165, 1.54) is 0 Å². The molecular formula is C11H22N4O. The maximum Gasteiger partial charge on any atom is 0.297 e. The standard InChI is InChI=1S/C11H22N4O/c1-5-12-8-10-9-16-11(13-10)15(4)7-6-14(2)3/h9,12H,5-8H2,1-4H3. The summed E-state index contributed by atoms with van der Waals surface area (Å²) < 4.78 is 5.41. The van der Waals surface area contributed by atoms with Crippen LogP contribution in [0, 0.1) is 0 Å². The summed E-state index contributed by atoms with van der Waals surface area (Å²) in [5.74, 6) is 0. The average Bonchev–Trinajstić information content (AvgIpc) is 2.71.